The van der Waals surface area contributed by atoms with E-state index in [0.717, 1.165) is 25.7 Å². The molecule has 0 aromatic carbocycles. The molecule has 2 spiro atoms. The Hall–Kier alpha value is -0.680. The Bertz CT molecular complexity index is 1600. The minimum atomic E-state index is -1.65. The molecule has 24 atom stereocenters. The van der Waals surface area contributed by atoms with Crippen LogP contribution in [0.1, 0.15) is 106 Å². The topological polar surface area (TPSA) is 278 Å². The van der Waals surface area contributed by atoms with Crippen molar-refractivity contribution in [2.75, 3.05) is 19.8 Å². The van der Waals surface area contributed by atoms with E-state index in [1.807, 2.05) is 0 Å². The highest BCUT2D eigenvalue weighted by atomic mass is 16.8. The predicted molar refractivity (Wildman–Crippen MR) is 216 cm³/mol. The van der Waals surface area contributed by atoms with Gasteiger partial charge in [0.15, 0.2) is 18.9 Å². The lowest BCUT2D eigenvalue weighted by atomic mass is 9.41. The van der Waals surface area contributed by atoms with Gasteiger partial charge in [-0.15, -0.1) is 0 Å². The second-order valence-corrected chi connectivity index (χ2v) is 22.6. The lowest BCUT2D eigenvalue weighted by Gasteiger charge is -2.65. The van der Waals surface area contributed by atoms with E-state index >= 15 is 0 Å². The summed E-state index contributed by atoms with van der Waals surface area (Å²) in [7, 11) is 0. The summed E-state index contributed by atoms with van der Waals surface area (Å²) in [5.41, 5.74) is -2.79. The van der Waals surface area contributed by atoms with Crippen LogP contribution in [0.2, 0.25) is 0 Å². The number of hydrogen-bond donors (Lipinski definition) is 11. The van der Waals surface area contributed by atoms with Gasteiger partial charge in [0, 0.05) is 0 Å². The summed E-state index contributed by atoms with van der Waals surface area (Å²) >= 11 is 0. The van der Waals surface area contributed by atoms with Crippen molar-refractivity contribution in [2.24, 2.45) is 50.7 Å². The minimum absolute atomic E-state index is 0.0423. The molecule has 8 rings (SSSR count). The fraction of sp³-hybridized carbons (Fsp3) is 1.00. The first-order valence-corrected chi connectivity index (χ1v) is 23.2. The van der Waals surface area contributed by atoms with Crippen LogP contribution < -0.4 is 0 Å². The Morgan fingerprint density at radius 2 is 1.21 bits per heavy atom. The van der Waals surface area contributed by atoms with Gasteiger partial charge in [-0.2, -0.15) is 0 Å². The van der Waals surface area contributed by atoms with Crippen LogP contribution in [0.5, 0.6) is 0 Å². The van der Waals surface area contributed by atoms with Gasteiger partial charge in [-0.05, 0) is 122 Å². The van der Waals surface area contributed by atoms with Gasteiger partial charge >= 0.3 is 0 Å². The molecule has 358 valence electrons. The Morgan fingerprint density at radius 1 is 0.645 bits per heavy atom. The summed E-state index contributed by atoms with van der Waals surface area (Å²) in [4.78, 5) is 0. The van der Waals surface area contributed by atoms with Crippen LogP contribution in [0, 0.1) is 50.7 Å². The van der Waals surface area contributed by atoms with Crippen molar-refractivity contribution in [1.29, 1.82) is 0 Å². The largest absolute Gasteiger partial charge is 0.393 e. The van der Waals surface area contributed by atoms with Crippen molar-refractivity contribution in [3.63, 3.8) is 0 Å². The van der Waals surface area contributed by atoms with Crippen LogP contribution in [0.4, 0.5) is 0 Å². The summed E-state index contributed by atoms with van der Waals surface area (Å²) in [6.07, 6.45) is -13.1. The van der Waals surface area contributed by atoms with Gasteiger partial charge in [-0.1, -0.05) is 34.6 Å². The summed E-state index contributed by atoms with van der Waals surface area (Å²) in [5, 5.41) is 118. The van der Waals surface area contributed by atoms with Crippen LogP contribution in [-0.4, -0.2) is 180 Å². The van der Waals surface area contributed by atoms with Crippen LogP contribution in [0.15, 0.2) is 0 Å². The zero-order valence-corrected chi connectivity index (χ0v) is 37.4. The van der Waals surface area contributed by atoms with Gasteiger partial charge in [0.25, 0.3) is 0 Å². The molecule has 8 aliphatic rings. The third kappa shape index (κ3) is 7.38. The molecule has 17 nitrogen and oxygen atoms in total. The molecule has 11 N–H and O–H groups in total. The summed E-state index contributed by atoms with van der Waals surface area (Å²) in [6, 6.07) is 0. The van der Waals surface area contributed by atoms with Gasteiger partial charge in [0.05, 0.1) is 49.8 Å². The Morgan fingerprint density at radius 3 is 1.81 bits per heavy atom. The van der Waals surface area contributed by atoms with E-state index in [0.29, 0.717) is 32.1 Å². The third-order valence-electron chi connectivity index (χ3n) is 18.6. The van der Waals surface area contributed by atoms with Gasteiger partial charge in [0.1, 0.15) is 54.9 Å². The lowest BCUT2D eigenvalue weighted by Crippen LogP contribution is -2.65. The van der Waals surface area contributed by atoms with Crippen LogP contribution >= 0.6 is 0 Å². The molecule has 8 fully saturated rings. The minimum Gasteiger partial charge on any atom is -0.393 e. The Balaban J connectivity index is 1.09. The number of rotatable bonds is 11. The molecule has 0 unspecified atom stereocenters. The van der Waals surface area contributed by atoms with Crippen LogP contribution in [0.25, 0.3) is 0 Å². The number of aliphatic hydroxyl groups is 11. The lowest BCUT2D eigenvalue weighted by molar-refractivity contribution is -0.359. The molecular weight excluding hydrogens is 812 g/mol. The number of aliphatic hydroxyl groups excluding tert-OH is 10. The first-order chi connectivity index (χ1) is 28.8. The monoisotopic (exact) mass is 889 g/mol. The summed E-state index contributed by atoms with van der Waals surface area (Å²) in [5.74, 6) is -0.0380. The van der Waals surface area contributed by atoms with Crippen LogP contribution in [0.3, 0.4) is 0 Å². The molecule has 0 amide bonds. The van der Waals surface area contributed by atoms with Crippen molar-refractivity contribution in [3.8, 4) is 0 Å². The third-order valence-corrected chi connectivity index (χ3v) is 18.6. The highest BCUT2D eigenvalue weighted by Gasteiger charge is 2.84. The van der Waals surface area contributed by atoms with Crippen molar-refractivity contribution in [2.45, 2.75) is 210 Å². The Labute approximate surface area is 364 Å². The van der Waals surface area contributed by atoms with Gasteiger partial charge in [0.2, 0.25) is 0 Å². The standard InChI is InChI=1S/C45H76O17/c1-20(8-9-27(50)41(4,5)56)29-21(46)15-43(7)26-14-25(60-37-33(54)30(51)22(47)16-57-37)36-40(2,3)28(10-11-45(36)19-44(26,45)13-12-42(29,43)6)61-39-35(32(53)24(49)18-59-39)62-38-34(55)31(52)23(48)17-58-38/h20-39,46-56H,8-19H2,1-7H3/t20-,21+,22-,23-,24-,25+,26+,27+,28+,29+,30+,31-,32+,33-,34+,35-,36+,37+,38-,39+,42-,43+,44+,45-/m1/s1. The zero-order chi connectivity index (χ0) is 45.3. The fourth-order valence-electron chi connectivity index (χ4n) is 15.1. The molecule has 3 aliphatic heterocycles. The second-order valence-electron chi connectivity index (χ2n) is 22.6. The first-order valence-electron chi connectivity index (χ1n) is 23.2. The second kappa shape index (κ2) is 16.5. The maximum absolute atomic E-state index is 12.1. The molecule has 17 heteroatoms. The van der Waals surface area contributed by atoms with Crippen molar-refractivity contribution in [1.82, 2.24) is 0 Å². The Kier molecular flexibility index (Phi) is 12.7. The van der Waals surface area contributed by atoms with E-state index in [1.165, 1.54) is 0 Å². The summed E-state index contributed by atoms with van der Waals surface area (Å²) in [6.45, 7) is 13.5. The number of fused-ring (bicyclic) bond motifs is 2. The first kappa shape index (κ1) is 47.8. The SMILES string of the molecule is C[C@H](CC[C@H](O)C(C)(C)O)[C@H]1[C@@H](O)C[C@@]2(C)[C@@H]3C[C@H](O[C@@H]4OC[C@@H](O)[C@H](O)[C@H]4O)[C@H]4C(C)(C)[C@@H](O[C@@H]5OC[C@@H](O)[C@H](O)[C@H]5O[C@H]5OC[C@@H](O)[C@@H](O)[C@@H]5O)CC[C@@]45C[C@@]35CC[C@]12C. The molecule has 0 radical (unpaired) electrons. The maximum Gasteiger partial charge on any atom is 0.186 e. The molecular formula is C45H76O17. The summed E-state index contributed by atoms with van der Waals surface area (Å²) < 4.78 is 37.1. The van der Waals surface area contributed by atoms with Crippen molar-refractivity contribution in [3.05, 3.63) is 0 Å². The van der Waals surface area contributed by atoms with Crippen LogP contribution in [-0.2, 0) is 28.4 Å². The number of ether oxygens (including phenoxy) is 6. The normalized spacial score (nSPS) is 54.7. The molecule has 62 heavy (non-hydrogen) atoms. The average molecular weight is 889 g/mol. The molecule has 3 saturated heterocycles. The van der Waals surface area contributed by atoms with E-state index in [2.05, 4.69) is 34.6 Å². The highest BCUT2D eigenvalue weighted by Crippen LogP contribution is 2.89. The highest BCUT2D eigenvalue weighted by molar-refractivity contribution is 5.33. The fourth-order valence-corrected chi connectivity index (χ4v) is 15.1. The van der Waals surface area contributed by atoms with Gasteiger partial charge < -0.3 is 84.6 Å². The molecule has 5 saturated carbocycles. The molecule has 0 aromatic heterocycles. The zero-order valence-electron chi connectivity index (χ0n) is 37.4. The van der Waals surface area contributed by atoms with Gasteiger partial charge in [-0.3, -0.25) is 0 Å². The van der Waals surface area contributed by atoms with E-state index in [1.54, 1.807) is 13.8 Å². The molecule has 3 heterocycles. The van der Waals surface area contributed by atoms with E-state index < -0.39 is 109 Å². The van der Waals surface area contributed by atoms with E-state index in [-0.39, 0.29) is 65.2 Å². The average Bonchev–Trinajstić information content (AvgIpc) is 3.80. The maximum atomic E-state index is 12.1. The molecule has 5 aliphatic carbocycles. The van der Waals surface area contributed by atoms with Crippen molar-refractivity contribution >= 4 is 0 Å². The van der Waals surface area contributed by atoms with E-state index in [4.69, 9.17) is 28.4 Å². The van der Waals surface area contributed by atoms with E-state index in [9.17, 15) is 56.2 Å². The smallest absolute Gasteiger partial charge is 0.186 e. The molecule has 0 bridgehead atoms. The van der Waals surface area contributed by atoms with Gasteiger partial charge in [-0.25, -0.2) is 0 Å². The quantitative estimate of drug-likeness (QED) is 0.119. The number of hydrogen-bond acceptors (Lipinski definition) is 17. The van der Waals surface area contributed by atoms with Crippen molar-refractivity contribution < 1.29 is 84.6 Å². The predicted octanol–water partition coefficient (Wildman–Crippen LogP) is -0.334. The molecule has 0 aromatic rings.